The van der Waals surface area contributed by atoms with E-state index in [0.717, 1.165) is 39.0 Å². The number of piperidine rings is 1. The lowest BCUT2D eigenvalue weighted by Crippen LogP contribution is -2.50. The molecule has 2 saturated heterocycles. The number of ether oxygens (including phenoxy) is 1. The summed E-state index contributed by atoms with van der Waals surface area (Å²) in [6.45, 7) is 8.64. The van der Waals surface area contributed by atoms with E-state index in [1.54, 1.807) is 23.6 Å². The van der Waals surface area contributed by atoms with Gasteiger partial charge in [0.1, 0.15) is 0 Å². The fourth-order valence-electron chi connectivity index (χ4n) is 3.60. The molecule has 2 heterocycles. The van der Waals surface area contributed by atoms with E-state index in [0.29, 0.717) is 32.7 Å². The Labute approximate surface area is 156 Å². The monoisotopic (exact) mass is 368 g/mol. The normalized spacial score (nSPS) is 19.3. The molecule has 2 aliphatic rings. The van der Waals surface area contributed by atoms with Gasteiger partial charge in [-0.15, -0.1) is 0 Å². The Bertz CT molecular complexity index is 497. The van der Waals surface area contributed by atoms with Gasteiger partial charge in [0.2, 0.25) is 11.8 Å². The number of carbonyl (C=O) groups excluding carboxylic acids is 3. The first kappa shape index (κ1) is 20.5. The van der Waals surface area contributed by atoms with E-state index in [-0.39, 0.29) is 23.9 Å². The summed E-state index contributed by atoms with van der Waals surface area (Å²) in [7, 11) is 2.06. The minimum Gasteiger partial charge on any atom is -0.450 e. The predicted molar refractivity (Wildman–Crippen MR) is 97.7 cm³/mol. The van der Waals surface area contributed by atoms with Gasteiger partial charge in [-0.05, 0) is 26.8 Å². The van der Waals surface area contributed by atoms with Gasteiger partial charge < -0.3 is 24.3 Å². The van der Waals surface area contributed by atoms with Crippen LogP contribution in [0, 0.1) is 0 Å². The number of carbonyl (C=O) groups is 3. The van der Waals surface area contributed by atoms with Crippen molar-refractivity contribution in [1.82, 2.24) is 19.6 Å². The molecule has 2 fully saturated rings. The van der Waals surface area contributed by atoms with Crippen LogP contribution in [-0.2, 0) is 14.3 Å². The van der Waals surface area contributed by atoms with Crippen molar-refractivity contribution in [3.8, 4) is 0 Å². The summed E-state index contributed by atoms with van der Waals surface area (Å²) in [5.74, 6) is 0.110. The second-order valence-corrected chi connectivity index (χ2v) is 7.06. The number of hydrogen-bond acceptors (Lipinski definition) is 5. The molecule has 0 radical (unpaired) electrons. The maximum absolute atomic E-state index is 12.4. The first-order valence-electron chi connectivity index (χ1n) is 9.57. The fourth-order valence-corrected chi connectivity index (χ4v) is 3.60. The van der Waals surface area contributed by atoms with Crippen LogP contribution in [0.1, 0.15) is 33.1 Å². The van der Waals surface area contributed by atoms with Crippen molar-refractivity contribution in [3.05, 3.63) is 0 Å². The van der Waals surface area contributed by atoms with E-state index >= 15 is 0 Å². The summed E-state index contributed by atoms with van der Waals surface area (Å²) in [5, 5.41) is 0. The molecule has 2 aliphatic heterocycles. The van der Waals surface area contributed by atoms with Gasteiger partial charge in [-0.2, -0.15) is 0 Å². The molecular weight excluding hydrogens is 336 g/mol. The second-order valence-electron chi connectivity index (χ2n) is 7.06. The van der Waals surface area contributed by atoms with Crippen LogP contribution in [0.3, 0.4) is 0 Å². The van der Waals surface area contributed by atoms with Crippen LogP contribution in [0.4, 0.5) is 4.79 Å². The van der Waals surface area contributed by atoms with Crippen molar-refractivity contribution in [1.29, 1.82) is 0 Å². The lowest BCUT2D eigenvalue weighted by atomic mass is 10.0. The van der Waals surface area contributed by atoms with Gasteiger partial charge in [0.15, 0.2) is 0 Å². The minimum absolute atomic E-state index is 0.00855. The van der Waals surface area contributed by atoms with Crippen molar-refractivity contribution in [3.63, 3.8) is 0 Å². The summed E-state index contributed by atoms with van der Waals surface area (Å²) in [6.07, 6.45) is 1.52. The van der Waals surface area contributed by atoms with Crippen molar-refractivity contribution in [2.75, 3.05) is 59.5 Å². The highest BCUT2D eigenvalue weighted by molar-refractivity contribution is 5.78. The number of hydrogen-bond donors (Lipinski definition) is 0. The average molecular weight is 368 g/mol. The molecule has 0 aromatic rings. The maximum atomic E-state index is 12.4. The standard InChI is InChI=1S/C18H32N4O4/c1-4-26-18(25)21-8-5-16(6-9-21)22(15(2)23)10-7-17(24)20-13-11-19(3)12-14-20/h16H,4-14H2,1-3H3. The molecule has 0 N–H and O–H groups in total. The molecule has 0 aliphatic carbocycles. The van der Waals surface area contributed by atoms with E-state index in [1.807, 2.05) is 4.90 Å². The van der Waals surface area contributed by atoms with Crippen LogP contribution in [0.2, 0.25) is 0 Å². The lowest BCUT2D eigenvalue weighted by Gasteiger charge is -2.38. The third-order valence-electron chi connectivity index (χ3n) is 5.26. The van der Waals surface area contributed by atoms with Gasteiger partial charge in [0.25, 0.3) is 0 Å². The second kappa shape index (κ2) is 9.75. The highest BCUT2D eigenvalue weighted by Gasteiger charge is 2.29. The first-order valence-corrected chi connectivity index (χ1v) is 9.57. The largest absolute Gasteiger partial charge is 0.450 e. The van der Waals surface area contributed by atoms with E-state index in [1.165, 1.54) is 0 Å². The summed E-state index contributed by atoms with van der Waals surface area (Å²) in [4.78, 5) is 43.9. The number of likely N-dealkylation sites (tertiary alicyclic amines) is 1. The van der Waals surface area contributed by atoms with E-state index in [9.17, 15) is 14.4 Å². The zero-order chi connectivity index (χ0) is 19.1. The molecule has 0 aromatic carbocycles. The Balaban J connectivity index is 1.81. The predicted octanol–water partition coefficient (Wildman–Crippen LogP) is 0.620. The van der Waals surface area contributed by atoms with Crippen LogP contribution in [0.5, 0.6) is 0 Å². The maximum Gasteiger partial charge on any atom is 0.409 e. The van der Waals surface area contributed by atoms with Crippen LogP contribution >= 0.6 is 0 Å². The third-order valence-corrected chi connectivity index (χ3v) is 5.26. The zero-order valence-electron chi connectivity index (χ0n) is 16.3. The van der Waals surface area contributed by atoms with Gasteiger partial charge in [0.05, 0.1) is 6.61 Å². The molecule has 8 heteroatoms. The molecule has 3 amide bonds. The summed E-state index contributed by atoms with van der Waals surface area (Å²) >= 11 is 0. The molecule has 0 bridgehead atoms. The minimum atomic E-state index is -0.287. The number of rotatable bonds is 5. The quantitative estimate of drug-likeness (QED) is 0.711. The van der Waals surface area contributed by atoms with E-state index in [2.05, 4.69) is 11.9 Å². The third kappa shape index (κ3) is 5.59. The molecule has 0 atom stereocenters. The van der Waals surface area contributed by atoms with Gasteiger partial charge in [-0.1, -0.05) is 0 Å². The smallest absolute Gasteiger partial charge is 0.409 e. The van der Waals surface area contributed by atoms with Crippen LogP contribution < -0.4 is 0 Å². The molecule has 26 heavy (non-hydrogen) atoms. The SMILES string of the molecule is CCOC(=O)N1CCC(N(CCC(=O)N2CCN(C)CC2)C(C)=O)CC1. The number of likely N-dealkylation sites (N-methyl/N-ethyl adjacent to an activating group) is 1. The van der Waals surface area contributed by atoms with Gasteiger partial charge in [-0.25, -0.2) is 4.79 Å². The van der Waals surface area contributed by atoms with E-state index in [4.69, 9.17) is 4.74 Å². The topological polar surface area (TPSA) is 73.4 Å². The Morgan fingerprint density at radius 1 is 1.00 bits per heavy atom. The zero-order valence-corrected chi connectivity index (χ0v) is 16.3. The highest BCUT2D eigenvalue weighted by Crippen LogP contribution is 2.18. The summed E-state index contributed by atoms with van der Waals surface area (Å²) < 4.78 is 5.03. The molecule has 0 spiro atoms. The van der Waals surface area contributed by atoms with Gasteiger partial charge in [-0.3, -0.25) is 9.59 Å². The van der Waals surface area contributed by atoms with E-state index < -0.39 is 0 Å². The number of nitrogens with zero attached hydrogens (tertiary/aromatic N) is 4. The Morgan fingerprint density at radius 2 is 1.62 bits per heavy atom. The average Bonchev–Trinajstić information content (AvgIpc) is 2.62. The first-order chi connectivity index (χ1) is 12.4. The van der Waals surface area contributed by atoms with Crippen molar-refractivity contribution in [2.24, 2.45) is 0 Å². The molecule has 2 rings (SSSR count). The summed E-state index contributed by atoms with van der Waals surface area (Å²) in [5.41, 5.74) is 0. The number of amides is 3. The highest BCUT2D eigenvalue weighted by atomic mass is 16.6. The Hall–Kier alpha value is -1.83. The molecule has 0 unspecified atom stereocenters. The van der Waals surface area contributed by atoms with Crippen LogP contribution in [-0.4, -0.2) is 103 Å². The van der Waals surface area contributed by atoms with Gasteiger partial charge in [0, 0.05) is 65.2 Å². The van der Waals surface area contributed by atoms with Crippen molar-refractivity contribution < 1.29 is 19.1 Å². The van der Waals surface area contributed by atoms with Crippen LogP contribution in [0.15, 0.2) is 0 Å². The molecule has 148 valence electrons. The number of piperazine rings is 1. The molecular formula is C18H32N4O4. The van der Waals surface area contributed by atoms with Crippen molar-refractivity contribution >= 4 is 17.9 Å². The van der Waals surface area contributed by atoms with Gasteiger partial charge >= 0.3 is 6.09 Å². The fraction of sp³-hybridized carbons (Fsp3) is 0.833. The Morgan fingerprint density at radius 3 is 2.15 bits per heavy atom. The molecule has 0 saturated carbocycles. The van der Waals surface area contributed by atoms with Crippen LogP contribution in [0.25, 0.3) is 0 Å². The molecule has 8 nitrogen and oxygen atoms in total. The summed E-state index contributed by atoms with van der Waals surface area (Å²) in [6, 6.07) is 0.0819. The molecule has 0 aromatic heterocycles. The Kier molecular flexibility index (Phi) is 7.68. The van der Waals surface area contributed by atoms with Crippen molar-refractivity contribution in [2.45, 2.75) is 39.2 Å². The lowest BCUT2D eigenvalue weighted by molar-refractivity contribution is -0.136.